The van der Waals surface area contributed by atoms with Gasteiger partial charge in [-0.05, 0) is 30.8 Å². The first-order chi connectivity index (χ1) is 8.66. The van der Waals surface area contributed by atoms with Crippen LogP contribution in [0.5, 0.6) is 0 Å². The van der Waals surface area contributed by atoms with E-state index in [-0.39, 0.29) is 6.54 Å². The van der Waals surface area contributed by atoms with Crippen molar-refractivity contribution in [3.8, 4) is 0 Å². The van der Waals surface area contributed by atoms with E-state index >= 15 is 0 Å². The standard InChI is InChI=1S/C12H11F6N/c1-19-6-2-3-8-7-9(11(13,14)15)4-5-10(8)12(16,17)18/h2-5,7,19H,6H2,1H3. The van der Waals surface area contributed by atoms with E-state index in [0.717, 1.165) is 6.08 Å². The summed E-state index contributed by atoms with van der Waals surface area (Å²) in [7, 11) is 1.57. The van der Waals surface area contributed by atoms with E-state index in [9.17, 15) is 26.3 Å². The van der Waals surface area contributed by atoms with E-state index < -0.39 is 29.0 Å². The fourth-order valence-electron chi connectivity index (χ4n) is 1.44. The molecule has 0 saturated heterocycles. The summed E-state index contributed by atoms with van der Waals surface area (Å²) in [6, 6.07) is 1.37. The second-order valence-corrected chi connectivity index (χ2v) is 3.76. The van der Waals surface area contributed by atoms with Crippen molar-refractivity contribution in [1.29, 1.82) is 0 Å². The van der Waals surface area contributed by atoms with Crippen LogP contribution in [-0.2, 0) is 12.4 Å². The van der Waals surface area contributed by atoms with Gasteiger partial charge in [-0.2, -0.15) is 26.3 Å². The van der Waals surface area contributed by atoms with Gasteiger partial charge in [0.05, 0.1) is 11.1 Å². The van der Waals surface area contributed by atoms with Crippen molar-refractivity contribution in [1.82, 2.24) is 5.32 Å². The molecule has 0 aliphatic carbocycles. The van der Waals surface area contributed by atoms with E-state index in [4.69, 9.17) is 0 Å². The Morgan fingerprint density at radius 1 is 1.05 bits per heavy atom. The molecule has 19 heavy (non-hydrogen) atoms. The Kier molecular flexibility index (Phi) is 4.62. The van der Waals surface area contributed by atoms with Gasteiger partial charge >= 0.3 is 12.4 Å². The minimum absolute atomic E-state index is 0.257. The molecule has 1 aromatic carbocycles. The van der Waals surface area contributed by atoms with Crippen molar-refractivity contribution in [3.05, 3.63) is 41.0 Å². The summed E-state index contributed by atoms with van der Waals surface area (Å²) in [5.41, 5.74) is -2.70. The number of hydrogen-bond acceptors (Lipinski definition) is 1. The Balaban J connectivity index is 3.27. The number of likely N-dealkylation sites (N-methyl/N-ethyl adjacent to an activating group) is 1. The average Bonchev–Trinajstić information content (AvgIpc) is 2.26. The second-order valence-electron chi connectivity index (χ2n) is 3.76. The van der Waals surface area contributed by atoms with Crippen LogP contribution in [0.15, 0.2) is 24.3 Å². The molecule has 0 unspecified atom stereocenters. The Hall–Kier alpha value is -1.50. The van der Waals surface area contributed by atoms with E-state index in [1.807, 2.05) is 0 Å². The third-order valence-electron chi connectivity index (χ3n) is 2.30. The van der Waals surface area contributed by atoms with Crippen LogP contribution in [0.2, 0.25) is 0 Å². The topological polar surface area (TPSA) is 12.0 Å². The summed E-state index contributed by atoms with van der Waals surface area (Å²) >= 11 is 0. The zero-order valence-corrected chi connectivity index (χ0v) is 9.86. The lowest BCUT2D eigenvalue weighted by atomic mass is 10.0. The van der Waals surface area contributed by atoms with Crippen molar-refractivity contribution in [2.45, 2.75) is 12.4 Å². The van der Waals surface area contributed by atoms with Gasteiger partial charge in [0.2, 0.25) is 0 Å². The van der Waals surface area contributed by atoms with Crippen molar-refractivity contribution in [2.24, 2.45) is 0 Å². The van der Waals surface area contributed by atoms with Crippen molar-refractivity contribution < 1.29 is 26.3 Å². The van der Waals surface area contributed by atoms with E-state index in [1.54, 1.807) is 7.05 Å². The fraction of sp³-hybridized carbons (Fsp3) is 0.333. The molecule has 1 aromatic rings. The molecule has 0 aliphatic heterocycles. The minimum Gasteiger partial charge on any atom is -0.316 e. The van der Waals surface area contributed by atoms with Gasteiger partial charge in [-0.3, -0.25) is 0 Å². The maximum absolute atomic E-state index is 12.7. The van der Waals surface area contributed by atoms with Gasteiger partial charge in [-0.25, -0.2) is 0 Å². The smallest absolute Gasteiger partial charge is 0.316 e. The van der Waals surface area contributed by atoms with Crippen LogP contribution in [-0.4, -0.2) is 13.6 Å². The molecule has 0 heterocycles. The molecule has 0 atom stereocenters. The molecule has 0 aromatic heterocycles. The Morgan fingerprint density at radius 2 is 1.68 bits per heavy atom. The number of nitrogens with one attached hydrogen (secondary N) is 1. The lowest BCUT2D eigenvalue weighted by Crippen LogP contribution is -2.11. The summed E-state index contributed by atoms with van der Waals surface area (Å²) < 4.78 is 75.4. The number of halogens is 6. The lowest BCUT2D eigenvalue weighted by molar-refractivity contribution is -0.141. The predicted octanol–water partition coefficient (Wildman–Crippen LogP) is 3.96. The van der Waals surface area contributed by atoms with Gasteiger partial charge in [0.15, 0.2) is 0 Å². The molecule has 0 amide bonds. The highest BCUT2D eigenvalue weighted by Gasteiger charge is 2.36. The van der Waals surface area contributed by atoms with Gasteiger partial charge < -0.3 is 5.32 Å². The Bertz CT molecular complexity index is 458. The SMILES string of the molecule is CNCC=Cc1cc(C(F)(F)F)ccc1C(F)(F)F. The molecule has 0 fully saturated rings. The average molecular weight is 283 g/mol. The number of alkyl halides is 6. The van der Waals surface area contributed by atoms with Gasteiger partial charge in [0.25, 0.3) is 0 Å². The molecule has 0 bridgehead atoms. The summed E-state index contributed by atoms with van der Waals surface area (Å²) in [5.74, 6) is 0. The molecule has 0 saturated carbocycles. The Morgan fingerprint density at radius 3 is 2.16 bits per heavy atom. The van der Waals surface area contributed by atoms with E-state index in [1.165, 1.54) is 6.08 Å². The summed E-state index contributed by atoms with van der Waals surface area (Å²) in [6.45, 7) is 0.257. The largest absolute Gasteiger partial charge is 0.416 e. The molecule has 0 radical (unpaired) electrons. The highest BCUT2D eigenvalue weighted by Crippen LogP contribution is 2.36. The van der Waals surface area contributed by atoms with Gasteiger partial charge in [0, 0.05) is 6.54 Å². The second kappa shape index (κ2) is 5.64. The Labute approximate surface area is 105 Å². The normalized spacial score (nSPS) is 13.2. The first kappa shape index (κ1) is 15.6. The van der Waals surface area contributed by atoms with Crippen LogP contribution >= 0.6 is 0 Å². The van der Waals surface area contributed by atoms with Crippen LogP contribution in [0.3, 0.4) is 0 Å². The van der Waals surface area contributed by atoms with Crippen LogP contribution in [0.25, 0.3) is 6.08 Å². The molecule has 0 spiro atoms. The van der Waals surface area contributed by atoms with Crippen LogP contribution in [0, 0.1) is 0 Å². The first-order valence-electron chi connectivity index (χ1n) is 5.26. The number of benzene rings is 1. The molecule has 1 rings (SSSR count). The minimum atomic E-state index is -4.69. The van der Waals surface area contributed by atoms with Gasteiger partial charge in [-0.1, -0.05) is 12.2 Å². The maximum atomic E-state index is 12.7. The molecule has 7 heteroatoms. The predicted molar refractivity (Wildman–Crippen MR) is 59.4 cm³/mol. The van der Waals surface area contributed by atoms with Crippen molar-refractivity contribution >= 4 is 6.08 Å². The molecular formula is C12H11F6N. The summed E-state index contributed by atoms with van der Waals surface area (Å²) in [6.07, 6.45) is -7.02. The third-order valence-corrected chi connectivity index (χ3v) is 2.30. The molecule has 106 valence electrons. The maximum Gasteiger partial charge on any atom is 0.416 e. The molecule has 1 N–H and O–H groups in total. The molecule has 0 aliphatic rings. The van der Waals surface area contributed by atoms with E-state index in [2.05, 4.69) is 5.32 Å². The molecular weight excluding hydrogens is 272 g/mol. The first-order valence-corrected chi connectivity index (χ1v) is 5.26. The van der Waals surface area contributed by atoms with Crippen molar-refractivity contribution in [2.75, 3.05) is 13.6 Å². The zero-order valence-electron chi connectivity index (χ0n) is 9.86. The number of hydrogen-bond donors (Lipinski definition) is 1. The van der Waals surface area contributed by atoms with Gasteiger partial charge in [0.1, 0.15) is 0 Å². The molecule has 1 nitrogen and oxygen atoms in total. The lowest BCUT2D eigenvalue weighted by Gasteiger charge is -2.13. The highest BCUT2D eigenvalue weighted by atomic mass is 19.4. The van der Waals surface area contributed by atoms with E-state index in [0.29, 0.717) is 18.2 Å². The summed E-state index contributed by atoms with van der Waals surface area (Å²) in [4.78, 5) is 0. The summed E-state index contributed by atoms with van der Waals surface area (Å²) in [5, 5.41) is 2.65. The number of rotatable bonds is 3. The third kappa shape index (κ3) is 4.27. The zero-order chi connectivity index (χ0) is 14.7. The van der Waals surface area contributed by atoms with Crippen LogP contribution in [0.1, 0.15) is 16.7 Å². The van der Waals surface area contributed by atoms with Crippen LogP contribution in [0.4, 0.5) is 26.3 Å². The highest BCUT2D eigenvalue weighted by molar-refractivity contribution is 5.56. The monoisotopic (exact) mass is 283 g/mol. The van der Waals surface area contributed by atoms with Crippen molar-refractivity contribution in [3.63, 3.8) is 0 Å². The van der Waals surface area contributed by atoms with Crippen LogP contribution < -0.4 is 5.32 Å². The fourth-order valence-corrected chi connectivity index (χ4v) is 1.44. The van der Waals surface area contributed by atoms with Gasteiger partial charge in [-0.15, -0.1) is 0 Å². The quantitative estimate of drug-likeness (QED) is 0.828.